The minimum absolute atomic E-state index is 0.329. The summed E-state index contributed by atoms with van der Waals surface area (Å²) in [5.41, 5.74) is -1.06. The Balaban J connectivity index is 2.12. The highest BCUT2D eigenvalue weighted by Crippen LogP contribution is 2.38. The number of rotatable bonds is 1. The molecule has 0 radical (unpaired) electrons. The fourth-order valence-corrected chi connectivity index (χ4v) is 2.94. The van der Waals surface area contributed by atoms with Crippen molar-refractivity contribution in [3.63, 3.8) is 0 Å². The number of imidazole rings is 1. The normalized spacial score (nSPS) is 19.6. The number of alkyl halides is 6. The predicted molar refractivity (Wildman–Crippen MR) is 80.2 cm³/mol. The van der Waals surface area contributed by atoms with Crippen LogP contribution in [0.15, 0.2) is 18.3 Å². The molecule has 12 heteroatoms. The van der Waals surface area contributed by atoms with Gasteiger partial charge in [0.1, 0.15) is 17.2 Å². The number of halogens is 8. The topological polar surface area (TPSA) is 35.2 Å². The first-order valence-electron chi connectivity index (χ1n) is 7.06. The number of H-pyrrole nitrogens is 1. The van der Waals surface area contributed by atoms with Gasteiger partial charge in [0.05, 0.1) is 17.2 Å². The molecule has 2 heterocycles. The van der Waals surface area contributed by atoms with Crippen molar-refractivity contribution < 1.29 is 30.7 Å². The van der Waals surface area contributed by atoms with Crippen LogP contribution in [0.4, 0.5) is 36.4 Å². The minimum Gasteiger partial charge on any atom is -0.332 e. The van der Waals surface area contributed by atoms with E-state index in [0.29, 0.717) is 0 Å². The zero-order chi connectivity index (χ0) is 19.4. The van der Waals surface area contributed by atoms with Gasteiger partial charge >= 0.3 is 12.4 Å². The molecule has 2 aromatic rings. The van der Waals surface area contributed by atoms with E-state index in [1.165, 1.54) is 0 Å². The Labute approximate surface area is 146 Å². The van der Waals surface area contributed by atoms with Crippen molar-refractivity contribution in [2.75, 3.05) is 18.6 Å². The lowest BCUT2D eigenvalue weighted by Crippen LogP contribution is -2.49. The van der Waals surface area contributed by atoms with Gasteiger partial charge in [0.25, 0.3) is 0 Å². The first-order valence-corrected chi connectivity index (χ1v) is 7.44. The number of fused-ring (bicyclic) bond motifs is 1. The summed E-state index contributed by atoms with van der Waals surface area (Å²) in [6, 6.07) is -1.12. The molecule has 0 saturated heterocycles. The molecule has 1 atom stereocenters. The van der Waals surface area contributed by atoms with Gasteiger partial charge in [-0.3, -0.25) is 4.90 Å². The van der Waals surface area contributed by atoms with Crippen molar-refractivity contribution in [1.82, 2.24) is 14.9 Å². The molecule has 0 aliphatic carbocycles. The van der Waals surface area contributed by atoms with E-state index in [4.69, 9.17) is 11.6 Å². The molecule has 1 unspecified atom stereocenters. The second-order valence-corrected chi connectivity index (χ2v) is 6.10. The smallest absolute Gasteiger partial charge is 0.332 e. The van der Waals surface area contributed by atoms with Gasteiger partial charge in [0.15, 0.2) is 5.82 Å². The standard InChI is InChI=1S/C14H10ClF7N4/c1-25-5-26(3-2-8(25)13(17,18)19)11-7(16)4-6(15)9-10(11)24-12(23-9)14(20,21)22/h2-4,8H,5H2,1H3,(H,23,24). The maximum Gasteiger partial charge on any atom is 0.449 e. The number of hydrogen-bond acceptors (Lipinski definition) is 3. The lowest BCUT2D eigenvalue weighted by atomic mass is 10.2. The summed E-state index contributed by atoms with van der Waals surface area (Å²) in [5, 5.41) is -0.351. The first-order chi connectivity index (χ1) is 11.9. The highest BCUT2D eigenvalue weighted by atomic mass is 35.5. The monoisotopic (exact) mass is 402 g/mol. The fourth-order valence-electron chi connectivity index (χ4n) is 2.71. The van der Waals surface area contributed by atoms with Gasteiger partial charge in [0.2, 0.25) is 5.82 Å². The number of nitrogens with zero attached hydrogens (tertiary/aromatic N) is 3. The molecule has 26 heavy (non-hydrogen) atoms. The van der Waals surface area contributed by atoms with E-state index >= 15 is 0 Å². The first kappa shape index (κ1) is 18.8. The van der Waals surface area contributed by atoms with Gasteiger partial charge in [-0.15, -0.1) is 0 Å². The van der Waals surface area contributed by atoms with Gasteiger partial charge in [-0.1, -0.05) is 11.6 Å². The highest BCUT2D eigenvalue weighted by Gasteiger charge is 2.43. The summed E-state index contributed by atoms with van der Waals surface area (Å²) in [6.07, 6.45) is -7.61. The Morgan fingerprint density at radius 1 is 1.23 bits per heavy atom. The molecule has 4 nitrogen and oxygen atoms in total. The number of aromatic nitrogens is 2. The van der Waals surface area contributed by atoms with Crippen LogP contribution in [-0.2, 0) is 6.18 Å². The van der Waals surface area contributed by atoms with Gasteiger partial charge in [0, 0.05) is 6.20 Å². The number of hydrogen-bond donors (Lipinski definition) is 1. The van der Waals surface area contributed by atoms with E-state index in [1.54, 1.807) is 0 Å². The Bertz CT molecular complexity index is 871. The quantitative estimate of drug-likeness (QED) is 0.712. The lowest BCUT2D eigenvalue weighted by molar-refractivity contribution is -0.167. The molecule has 0 amide bonds. The number of benzene rings is 1. The summed E-state index contributed by atoms with van der Waals surface area (Å²) >= 11 is 5.76. The van der Waals surface area contributed by atoms with E-state index < -0.39 is 36.7 Å². The fraction of sp³-hybridized carbons (Fsp3) is 0.357. The molecule has 0 saturated carbocycles. The maximum absolute atomic E-state index is 14.4. The SMILES string of the molecule is CN1CN(c2c(F)cc(Cl)c3nc(C(F)(F)F)[nH]c23)C=CC1C(F)(F)F. The molecule has 1 aromatic heterocycles. The average Bonchev–Trinajstić information content (AvgIpc) is 2.91. The zero-order valence-electron chi connectivity index (χ0n) is 12.9. The zero-order valence-corrected chi connectivity index (χ0v) is 13.6. The molecular formula is C14H10ClF7N4. The van der Waals surface area contributed by atoms with Crippen LogP contribution in [0, 0.1) is 5.82 Å². The van der Waals surface area contributed by atoms with Crippen molar-refractivity contribution >= 4 is 28.3 Å². The van der Waals surface area contributed by atoms with E-state index in [1.807, 2.05) is 4.98 Å². The largest absolute Gasteiger partial charge is 0.449 e. The third kappa shape index (κ3) is 3.20. The number of anilines is 1. The highest BCUT2D eigenvalue weighted by molar-refractivity contribution is 6.35. The van der Waals surface area contributed by atoms with Gasteiger partial charge in [-0.05, 0) is 19.2 Å². The van der Waals surface area contributed by atoms with Crippen LogP contribution in [-0.4, -0.2) is 40.8 Å². The van der Waals surface area contributed by atoms with E-state index in [2.05, 4.69) is 4.98 Å². The number of aromatic amines is 1. The Morgan fingerprint density at radius 2 is 1.88 bits per heavy atom. The van der Waals surface area contributed by atoms with Gasteiger partial charge in [-0.25, -0.2) is 9.37 Å². The van der Waals surface area contributed by atoms with Gasteiger partial charge in [-0.2, -0.15) is 26.3 Å². The summed E-state index contributed by atoms with van der Waals surface area (Å²) in [5.74, 6) is -2.38. The molecule has 0 spiro atoms. The second kappa shape index (κ2) is 6.02. The number of nitrogens with one attached hydrogen (secondary N) is 1. The van der Waals surface area contributed by atoms with Crippen LogP contribution >= 0.6 is 11.6 Å². The average molecular weight is 403 g/mol. The Morgan fingerprint density at radius 3 is 2.42 bits per heavy atom. The van der Waals surface area contributed by atoms with Crippen molar-refractivity contribution in [3.8, 4) is 0 Å². The van der Waals surface area contributed by atoms with E-state index in [0.717, 1.165) is 35.2 Å². The summed E-state index contributed by atoms with van der Waals surface area (Å²) in [6.45, 7) is -0.408. The van der Waals surface area contributed by atoms with Crippen LogP contribution < -0.4 is 4.90 Å². The summed E-state index contributed by atoms with van der Waals surface area (Å²) in [4.78, 5) is 7.22. The number of likely N-dealkylation sites (N-methyl/N-ethyl adjacent to an activating group) is 1. The van der Waals surface area contributed by atoms with Crippen LogP contribution in [0.25, 0.3) is 11.0 Å². The third-order valence-electron chi connectivity index (χ3n) is 3.84. The molecule has 3 rings (SSSR count). The molecule has 1 aromatic carbocycles. The van der Waals surface area contributed by atoms with Crippen LogP contribution in [0.3, 0.4) is 0 Å². The lowest BCUT2D eigenvalue weighted by Gasteiger charge is -2.36. The Kier molecular flexibility index (Phi) is 4.34. The molecular weight excluding hydrogens is 393 g/mol. The minimum atomic E-state index is -4.83. The van der Waals surface area contributed by atoms with Crippen LogP contribution in [0.1, 0.15) is 5.82 Å². The van der Waals surface area contributed by atoms with Crippen molar-refractivity contribution in [1.29, 1.82) is 0 Å². The van der Waals surface area contributed by atoms with Gasteiger partial charge < -0.3 is 9.88 Å². The maximum atomic E-state index is 14.4. The van der Waals surface area contributed by atoms with Crippen molar-refractivity contribution in [3.05, 3.63) is 35.0 Å². The van der Waals surface area contributed by atoms with Crippen molar-refractivity contribution in [2.45, 2.75) is 18.4 Å². The molecule has 142 valence electrons. The van der Waals surface area contributed by atoms with Crippen molar-refractivity contribution in [2.24, 2.45) is 0 Å². The third-order valence-corrected chi connectivity index (χ3v) is 4.12. The molecule has 1 aliphatic heterocycles. The van der Waals surface area contributed by atoms with E-state index in [-0.39, 0.29) is 21.7 Å². The summed E-state index contributed by atoms with van der Waals surface area (Å²) in [7, 11) is 1.16. The van der Waals surface area contributed by atoms with Crippen LogP contribution in [0.5, 0.6) is 0 Å². The molecule has 0 bridgehead atoms. The predicted octanol–water partition coefficient (Wildman–Crippen LogP) is 4.53. The van der Waals surface area contributed by atoms with E-state index in [9.17, 15) is 30.7 Å². The second-order valence-electron chi connectivity index (χ2n) is 5.69. The molecule has 1 aliphatic rings. The summed E-state index contributed by atoms with van der Waals surface area (Å²) < 4.78 is 91.7. The molecule has 1 N–H and O–H groups in total. The molecule has 0 fully saturated rings. The van der Waals surface area contributed by atoms with Crippen LogP contribution in [0.2, 0.25) is 5.02 Å². The Hall–Kier alpha value is -2.01.